The highest BCUT2D eigenvalue weighted by atomic mass is 19.1. The van der Waals surface area contributed by atoms with Crippen LogP contribution in [0.4, 0.5) is 10.1 Å². The minimum atomic E-state index is -0.136. The molecule has 2 nitrogen and oxygen atoms in total. The van der Waals surface area contributed by atoms with Gasteiger partial charge in [0, 0.05) is 30.9 Å². The molecule has 0 N–H and O–H groups in total. The summed E-state index contributed by atoms with van der Waals surface area (Å²) in [5.74, 6) is -0.136. The molecule has 0 aromatic heterocycles. The summed E-state index contributed by atoms with van der Waals surface area (Å²) in [5.41, 5.74) is 1.04. The number of hydrogen-bond donors (Lipinski definition) is 0. The summed E-state index contributed by atoms with van der Waals surface area (Å²) < 4.78 is 13.1. The second-order valence-corrected chi connectivity index (χ2v) is 4.62. The minimum Gasteiger partial charge on any atom is -0.366 e. The number of halogens is 1. The number of rotatable bonds is 1. The molecular formula is C12H15FN2. The van der Waals surface area contributed by atoms with E-state index >= 15 is 0 Å². The molecule has 2 aliphatic rings. The van der Waals surface area contributed by atoms with Crippen LogP contribution in [-0.2, 0) is 0 Å². The number of anilines is 1. The Bertz CT molecular complexity index is 378. The molecule has 2 fully saturated rings. The maximum atomic E-state index is 13.1. The van der Waals surface area contributed by atoms with Crippen LogP contribution in [0.5, 0.6) is 0 Å². The number of piperazine rings is 1. The molecule has 0 radical (unpaired) electrons. The lowest BCUT2D eigenvalue weighted by molar-refractivity contribution is 0.292. The molecule has 80 valence electrons. The van der Waals surface area contributed by atoms with Gasteiger partial charge in [0.25, 0.3) is 0 Å². The standard InChI is InChI=1S/C12H15FN2/c1-14-7-12-6-11(14)8-15(12)10-4-2-3-9(13)5-10/h2-5,11-12H,6-8H2,1H3. The zero-order valence-corrected chi connectivity index (χ0v) is 8.86. The zero-order valence-electron chi connectivity index (χ0n) is 8.86. The lowest BCUT2D eigenvalue weighted by Crippen LogP contribution is -2.44. The summed E-state index contributed by atoms with van der Waals surface area (Å²) in [4.78, 5) is 4.74. The molecule has 1 aromatic rings. The van der Waals surface area contributed by atoms with Crippen molar-refractivity contribution in [1.82, 2.24) is 4.90 Å². The van der Waals surface area contributed by atoms with Gasteiger partial charge in [0.1, 0.15) is 5.82 Å². The number of likely N-dealkylation sites (N-methyl/N-ethyl adjacent to an activating group) is 1. The molecule has 3 heteroatoms. The first-order valence-corrected chi connectivity index (χ1v) is 5.46. The molecule has 2 aliphatic heterocycles. The van der Waals surface area contributed by atoms with Gasteiger partial charge in [-0.25, -0.2) is 4.39 Å². The SMILES string of the molecule is CN1CC2CC1CN2c1cccc(F)c1. The lowest BCUT2D eigenvalue weighted by atomic mass is 10.2. The number of benzene rings is 1. The summed E-state index contributed by atoms with van der Waals surface area (Å²) in [6.45, 7) is 2.16. The van der Waals surface area contributed by atoms with E-state index in [9.17, 15) is 4.39 Å². The first-order chi connectivity index (χ1) is 7.24. The van der Waals surface area contributed by atoms with E-state index in [0.717, 1.165) is 18.8 Å². The summed E-state index contributed by atoms with van der Waals surface area (Å²) in [7, 11) is 2.17. The van der Waals surface area contributed by atoms with E-state index in [-0.39, 0.29) is 5.82 Å². The van der Waals surface area contributed by atoms with Gasteiger partial charge >= 0.3 is 0 Å². The molecule has 2 atom stereocenters. The third kappa shape index (κ3) is 1.42. The fourth-order valence-electron chi connectivity index (χ4n) is 2.84. The molecule has 2 unspecified atom stereocenters. The van der Waals surface area contributed by atoms with Gasteiger partial charge in [-0.1, -0.05) is 6.07 Å². The largest absolute Gasteiger partial charge is 0.366 e. The Morgan fingerprint density at radius 2 is 2.13 bits per heavy atom. The predicted octanol–water partition coefficient (Wildman–Crippen LogP) is 1.72. The molecule has 0 aliphatic carbocycles. The predicted molar refractivity (Wildman–Crippen MR) is 58.6 cm³/mol. The molecule has 0 spiro atoms. The number of nitrogens with zero attached hydrogens (tertiary/aromatic N) is 2. The van der Waals surface area contributed by atoms with Gasteiger partial charge < -0.3 is 4.90 Å². The molecular weight excluding hydrogens is 191 g/mol. The van der Waals surface area contributed by atoms with Crippen molar-refractivity contribution in [1.29, 1.82) is 0 Å². The Morgan fingerprint density at radius 1 is 1.27 bits per heavy atom. The third-order valence-corrected chi connectivity index (χ3v) is 3.65. The van der Waals surface area contributed by atoms with Gasteiger partial charge in [-0.05, 0) is 31.7 Å². The van der Waals surface area contributed by atoms with E-state index < -0.39 is 0 Å². The van der Waals surface area contributed by atoms with Crippen molar-refractivity contribution in [3.63, 3.8) is 0 Å². The highest BCUT2D eigenvalue weighted by Gasteiger charge is 2.41. The van der Waals surface area contributed by atoms with Crippen LogP contribution in [0.25, 0.3) is 0 Å². The van der Waals surface area contributed by atoms with Crippen LogP contribution in [0, 0.1) is 5.82 Å². The van der Waals surface area contributed by atoms with E-state index in [2.05, 4.69) is 16.8 Å². The normalized spacial score (nSPS) is 30.1. The quantitative estimate of drug-likeness (QED) is 0.690. The van der Waals surface area contributed by atoms with Crippen LogP contribution >= 0.6 is 0 Å². The Labute approximate surface area is 89.3 Å². The van der Waals surface area contributed by atoms with Crippen LogP contribution in [0.1, 0.15) is 6.42 Å². The van der Waals surface area contributed by atoms with Gasteiger partial charge in [-0.3, -0.25) is 4.90 Å². The van der Waals surface area contributed by atoms with Gasteiger partial charge in [-0.2, -0.15) is 0 Å². The van der Waals surface area contributed by atoms with Crippen LogP contribution in [0.3, 0.4) is 0 Å². The van der Waals surface area contributed by atoms with Crippen molar-refractivity contribution in [3.05, 3.63) is 30.1 Å². The maximum absolute atomic E-state index is 13.1. The third-order valence-electron chi connectivity index (χ3n) is 3.65. The summed E-state index contributed by atoms with van der Waals surface area (Å²) >= 11 is 0. The topological polar surface area (TPSA) is 6.48 Å². The minimum absolute atomic E-state index is 0.136. The van der Waals surface area contributed by atoms with Gasteiger partial charge in [0.2, 0.25) is 0 Å². The summed E-state index contributed by atoms with van der Waals surface area (Å²) in [6.07, 6.45) is 1.23. The van der Waals surface area contributed by atoms with E-state index in [1.807, 2.05) is 6.07 Å². The highest BCUT2D eigenvalue weighted by Crippen LogP contribution is 2.33. The molecule has 15 heavy (non-hydrogen) atoms. The van der Waals surface area contributed by atoms with E-state index in [1.54, 1.807) is 12.1 Å². The van der Waals surface area contributed by atoms with E-state index in [4.69, 9.17) is 0 Å². The molecule has 2 saturated heterocycles. The second-order valence-electron chi connectivity index (χ2n) is 4.62. The van der Waals surface area contributed by atoms with Crippen molar-refractivity contribution in [2.75, 3.05) is 25.0 Å². The molecule has 2 bridgehead atoms. The molecule has 0 amide bonds. The first kappa shape index (κ1) is 9.16. The Morgan fingerprint density at radius 3 is 2.73 bits per heavy atom. The van der Waals surface area contributed by atoms with Gasteiger partial charge in [0.15, 0.2) is 0 Å². The molecule has 2 heterocycles. The first-order valence-electron chi connectivity index (χ1n) is 5.46. The van der Waals surface area contributed by atoms with Crippen molar-refractivity contribution in [2.24, 2.45) is 0 Å². The van der Waals surface area contributed by atoms with Crippen molar-refractivity contribution in [2.45, 2.75) is 18.5 Å². The van der Waals surface area contributed by atoms with Crippen molar-refractivity contribution >= 4 is 5.69 Å². The van der Waals surface area contributed by atoms with Crippen LogP contribution in [-0.4, -0.2) is 37.1 Å². The van der Waals surface area contributed by atoms with Gasteiger partial charge in [-0.15, -0.1) is 0 Å². The Kier molecular flexibility index (Phi) is 1.96. The van der Waals surface area contributed by atoms with Crippen molar-refractivity contribution < 1.29 is 4.39 Å². The molecule has 0 saturated carbocycles. The summed E-state index contributed by atoms with van der Waals surface area (Å²) in [5, 5.41) is 0. The Balaban J connectivity index is 1.86. The van der Waals surface area contributed by atoms with Crippen LogP contribution in [0.2, 0.25) is 0 Å². The molecule has 3 rings (SSSR count). The fraction of sp³-hybridized carbons (Fsp3) is 0.500. The highest BCUT2D eigenvalue weighted by molar-refractivity contribution is 5.50. The number of fused-ring (bicyclic) bond motifs is 2. The Hall–Kier alpha value is -1.09. The zero-order chi connectivity index (χ0) is 10.4. The monoisotopic (exact) mass is 206 g/mol. The average Bonchev–Trinajstić information content (AvgIpc) is 2.76. The summed E-state index contributed by atoms with van der Waals surface area (Å²) in [6, 6.07) is 8.19. The lowest BCUT2D eigenvalue weighted by Gasteiger charge is -2.33. The number of hydrogen-bond acceptors (Lipinski definition) is 2. The average molecular weight is 206 g/mol. The fourth-order valence-corrected chi connectivity index (χ4v) is 2.84. The van der Waals surface area contributed by atoms with Crippen LogP contribution < -0.4 is 4.90 Å². The van der Waals surface area contributed by atoms with Crippen LogP contribution in [0.15, 0.2) is 24.3 Å². The second kappa shape index (κ2) is 3.20. The van der Waals surface area contributed by atoms with Gasteiger partial charge in [0.05, 0.1) is 0 Å². The van der Waals surface area contributed by atoms with Crippen molar-refractivity contribution in [3.8, 4) is 0 Å². The smallest absolute Gasteiger partial charge is 0.125 e. The maximum Gasteiger partial charge on any atom is 0.125 e. The number of likely N-dealkylation sites (tertiary alicyclic amines) is 1. The molecule has 1 aromatic carbocycles. The van der Waals surface area contributed by atoms with E-state index in [0.29, 0.717) is 12.1 Å². The van der Waals surface area contributed by atoms with E-state index in [1.165, 1.54) is 12.5 Å².